The van der Waals surface area contributed by atoms with Crippen molar-refractivity contribution < 1.29 is 14.3 Å². The number of carbonyl (C=O) groups excluding carboxylic acids is 1. The maximum Gasteiger partial charge on any atom is 0.167 e. The number of ketones is 1. The predicted molar refractivity (Wildman–Crippen MR) is 92.5 cm³/mol. The molecule has 0 unspecified atom stereocenters. The lowest BCUT2D eigenvalue weighted by Gasteiger charge is -2.26. The Labute approximate surface area is 139 Å². The van der Waals surface area contributed by atoms with Crippen LogP contribution in [-0.4, -0.2) is 50.1 Å². The number of carbonyl (C=O) groups is 1. The monoisotopic (exact) mass is 319 g/mol. The molecular weight excluding hydrogens is 290 g/mol. The van der Waals surface area contributed by atoms with E-state index in [4.69, 9.17) is 9.47 Å². The second-order valence-electron chi connectivity index (χ2n) is 6.39. The second kappa shape index (κ2) is 9.04. The quantitative estimate of drug-likeness (QED) is 0.687. The van der Waals surface area contributed by atoms with Crippen molar-refractivity contribution in [3.8, 4) is 5.75 Å². The maximum absolute atomic E-state index is 12.7. The molecular formula is C19H29NO3. The number of hydrogen-bond donors (Lipinski definition) is 0. The van der Waals surface area contributed by atoms with Crippen LogP contribution in [0, 0.1) is 0 Å². The highest BCUT2D eigenvalue weighted by atomic mass is 16.5. The van der Waals surface area contributed by atoms with E-state index in [0.717, 1.165) is 50.6 Å². The fourth-order valence-electron chi connectivity index (χ4n) is 2.68. The average molecular weight is 319 g/mol. The summed E-state index contributed by atoms with van der Waals surface area (Å²) in [7, 11) is 0. The van der Waals surface area contributed by atoms with Crippen LogP contribution in [0.15, 0.2) is 18.2 Å². The molecule has 0 N–H and O–H groups in total. The van der Waals surface area contributed by atoms with E-state index in [1.54, 1.807) is 0 Å². The summed E-state index contributed by atoms with van der Waals surface area (Å²) in [6.45, 7) is 11.2. The summed E-state index contributed by atoms with van der Waals surface area (Å²) < 4.78 is 11.1. The molecule has 23 heavy (non-hydrogen) atoms. The van der Waals surface area contributed by atoms with Crippen molar-refractivity contribution in [2.24, 2.45) is 0 Å². The normalized spacial score (nSPS) is 15.8. The van der Waals surface area contributed by atoms with Gasteiger partial charge in [0, 0.05) is 26.1 Å². The molecule has 1 fully saturated rings. The van der Waals surface area contributed by atoms with Crippen LogP contribution in [0.4, 0.5) is 0 Å². The van der Waals surface area contributed by atoms with Crippen LogP contribution in [0.5, 0.6) is 5.75 Å². The molecule has 0 aromatic heterocycles. The molecule has 0 atom stereocenters. The van der Waals surface area contributed by atoms with Crippen LogP contribution in [0.2, 0.25) is 0 Å². The summed E-state index contributed by atoms with van der Waals surface area (Å²) in [5.41, 5.74) is 1.92. The van der Waals surface area contributed by atoms with Gasteiger partial charge < -0.3 is 9.47 Å². The zero-order valence-corrected chi connectivity index (χ0v) is 14.6. The van der Waals surface area contributed by atoms with Crippen LogP contribution in [0.3, 0.4) is 0 Å². The topological polar surface area (TPSA) is 38.8 Å². The summed E-state index contributed by atoms with van der Waals surface area (Å²) in [6.07, 6.45) is 1.47. The van der Waals surface area contributed by atoms with E-state index in [1.807, 2.05) is 12.1 Å². The van der Waals surface area contributed by atoms with Crippen molar-refractivity contribution in [3.63, 3.8) is 0 Å². The Morgan fingerprint density at radius 3 is 2.70 bits per heavy atom. The lowest BCUT2D eigenvalue weighted by molar-refractivity contribution is 0.0370. The third-order valence-corrected chi connectivity index (χ3v) is 4.19. The van der Waals surface area contributed by atoms with Gasteiger partial charge in [0.1, 0.15) is 5.75 Å². The second-order valence-corrected chi connectivity index (χ2v) is 6.39. The molecule has 1 aliphatic rings. The largest absolute Gasteiger partial charge is 0.493 e. The van der Waals surface area contributed by atoms with Crippen LogP contribution in [-0.2, 0) is 4.74 Å². The van der Waals surface area contributed by atoms with Crippen molar-refractivity contribution in [3.05, 3.63) is 29.3 Å². The van der Waals surface area contributed by atoms with E-state index in [-0.39, 0.29) is 5.78 Å². The Morgan fingerprint density at radius 2 is 2.04 bits per heavy atom. The standard InChI is InChI=1S/C19H29NO3/c1-4-11-23-19-6-5-16(15(2)3)14-17(19)18(21)7-8-20-9-12-22-13-10-20/h5-6,14-15H,4,7-13H2,1-3H3. The Kier molecular flexibility index (Phi) is 7.06. The zero-order chi connectivity index (χ0) is 16.7. The van der Waals surface area contributed by atoms with E-state index in [2.05, 4.69) is 31.7 Å². The fourth-order valence-corrected chi connectivity index (χ4v) is 2.68. The Balaban J connectivity index is 2.06. The minimum atomic E-state index is 0.171. The van der Waals surface area contributed by atoms with Gasteiger partial charge in [-0.2, -0.15) is 0 Å². The lowest BCUT2D eigenvalue weighted by atomic mass is 9.97. The van der Waals surface area contributed by atoms with Gasteiger partial charge >= 0.3 is 0 Å². The van der Waals surface area contributed by atoms with Crippen LogP contribution in [0.25, 0.3) is 0 Å². The number of Topliss-reactive ketones (excluding diaryl/α,β-unsaturated/α-hetero) is 1. The first-order chi connectivity index (χ1) is 11.1. The first kappa shape index (κ1) is 18.0. The van der Waals surface area contributed by atoms with Crippen molar-refractivity contribution in [1.29, 1.82) is 0 Å². The first-order valence-electron chi connectivity index (χ1n) is 8.72. The molecule has 0 spiro atoms. The molecule has 1 heterocycles. The molecule has 0 radical (unpaired) electrons. The highest BCUT2D eigenvalue weighted by Crippen LogP contribution is 2.26. The fraction of sp³-hybridized carbons (Fsp3) is 0.632. The lowest BCUT2D eigenvalue weighted by Crippen LogP contribution is -2.37. The number of ether oxygens (including phenoxy) is 2. The van der Waals surface area contributed by atoms with Crippen LogP contribution in [0.1, 0.15) is 55.5 Å². The van der Waals surface area contributed by atoms with Gasteiger partial charge in [0.25, 0.3) is 0 Å². The molecule has 4 heteroatoms. The van der Waals surface area contributed by atoms with E-state index in [0.29, 0.717) is 18.9 Å². The van der Waals surface area contributed by atoms with E-state index < -0.39 is 0 Å². The highest BCUT2D eigenvalue weighted by Gasteiger charge is 2.17. The summed E-state index contributed by atoms with van der Waals surface area (Å²) >= 11 is 0. The average Bonchev–Trinajstić information content (AvgIpc) is 2.58. The number of hydrogen-bond acceptors (Lipinski definition) is 4. The summed E-state index contributed by atoms with van der Waals surface area (Å²) in [4.78, 5) is 15.0. The van der Waals surface area contributed by atoms with Gasteiger partial charge in [-0.25, -0.2) is 0 Å². The molecule has 4 nitrogen and oxygen atoms in total. The molecule has 1 aromatic carbocycles. The van der Waals surface area contributed by atoms with Gasteiger partial charge in [-0.3, -0.25) is 9.69 Å². The van der Waals surface area contributed by atoms with Crippen LogP contribution >= 0.6 is 0 Å². The zero-order valence-electron chi connectivity index (χ0n) is 14.6. The number of morpholine rings is 1. The number of benzene rings is 1. The summed E-state index contributed by atoms with van der Waals surface area (Å²) in [5.74, 6) is 1.30. The number of rotatable bonds is 8. The molecule has 1 aromatic rings. The summed E-state index contributed by atoms with van der Waals surface area (Å²) in [6, 6.07) is 6.03. The molecule has 0 amide bonds. The molecule has 0 saturated carbocycles. The molecule has 1 aliphatic heterocycles. The van der Waals surface area contributed by atoms with Crippen molar-refractivity contribution in [2.45, 2.75) is 39.5 Å². The molecule has 0 bridgehead atoms. The van der Waals surface area contributed by atoms with E-state index >= 15 is 0 Å². The minimum Gasteiger partial charge on any atom is -0.493 e. The molecule has 0 aliphatic carbocycles. The Bertz CT molecular complexity index is 507. The summed E-state index contributed by atoms with van der Waals surface area (Å²) in [5, 5.41) is 0. The van der Waals surface area contributed by atoms with E-state index in [9.17, 15) is 4.79 Å². The van der Waals surface area contributed by atoms with E-state index in [1.165, 1.54) is 5.56 Å². The minimum absolute atomic E-state index is 0.171. The van der Waals surface area contributed by atoms with Gasteiger partial charge in [-0.05, 0) is 30.0 Å². The smallest absolute Gasteiger partial charge is 0.167 e. The maximum atomic E-state index is 12.7. The first-order valence-corrected chi connectivity index (χ1v) is 8.72. The third-order valence-electron chi connectivity index (χ3n) is 4.19. The highest BCUT2D eigenvalue weighted by molar-refractivity contribution is 5.99. The van der Waals surface area contributed by atoms with Crippen molar-refractivity contribution in [1.82, 2.24) is 4.90 Å². The van der Waals surface area contributed by atoms with Crippen LogP contribution < -0.4 is 4.74 Å². The van der Waals surface area contributed by atoms with Crippen molar-refractivity contribution in [2.75, 3.05) is 39.5 Å². The van der Waals surface area contributed by atoms with Crippen molar-refractivity contribution >= 4 is 5.78 Å². The number of nitrogens with zero attached hydrogens (tertiary/aromatic N) is 1. The van der Waals surface area contributed by atoms with Gasteiger partial charge in [0.05, 0.1) is 25.4 Å². The predicted octanol–water partition coefficient (Wildman–Crippen LogP) is 3.50. The Morgan fingerprint density at radius 1 is 1.30 bits per heavy atom. The van der Waals surface area contributed by atoms with Gasteiger partial charge in [-0.1, -0.05) is 26.8 Å². The molecule has 1 saturated heterocycles. The Hall–Kier alpha value is -1.39. The van der Waals surface area contributed by atoms with Gasteiger partial charge in [0.15, 0.2) is 5.78 Å². The SMILES string of the molecule is CCCOc1ccc(C(C)C)cc1C(=O)CCN1CCOCC1. The van der Waals surface area contributed by atoms with Gasteiger partial charge in [0.2, 0.25) is 0 Å². The van der Waals surface area contributed by atoms with Gasteiger partial charge in [-0.15, -0.1) is 0 Å². The molecule has 2 rings (SSSR count). The molecule has 128 valence electrons. The third kappa shape index (κ3) is 5.33.